The van der Waals surface area contributed by atoms with E-state index in [1.54, 1.807) is 18.2 Å². The van der Waals surface area contributed by atoms with Gasteiger partial charge in [-0.1, -0.05) is 19.9 Å². The topological polar surface area (TPSA) is 70.2 Å². The Labute approximate surface area is 168 Å². The fourth-order valence-corrected chi connectivity index (χ4v) is 5.40. The lowest BCUT2D eigenvalue weighted by molar-refractivity contribution is 0.0432. The van der Waals surface area contributed by atoms with E-state index >= 15 is 0 Å². The number of carbonyl (C=O) groups excluding carboxylic acids is 1. The summed E-state index contributed by atoms with van der Waals surface area (Å²) in [6.45, 7) is 9.17. The normalized spacial score (nSPS) is 21.4. The third-order valence-corrected chi connectivity index (χ3v) is 7.62. The van der Waals surface area contributed by atoms with Gasteiger partial charge in [-0.25, -0.2) is 8.42 Å². The third-order valence-electron chi connectivity index (χ3n) is 5.57. The predicted octanol–water partition coefficient (Wildman–Crippen LogP) is 1.65. The Bertz CT molecular complexity index is 765. The molecule has 1 aromatic rings. The van der Waals surface area contributed by atoms with Gasteiger partial charge < -0.3 is 9.64 Å². The molecule has 0 radical (unpaired) electrons. The van der Waals surface area contributed by atoms with Gasteiger partial charge in [0.1, 0.15) is 0 Å². The van der Waals surface area contributed by atoms with Crippen LogP contribution in [-0.4, -0.2) is 87.0 Å². The molecule has 0 spiro atoms. The van der Waals surface area contributed by atoms with E-state index in [4.69, 9.17) is 4.74 Å². The maximum absolute atomic E-state index is 12.9. The van der Waals surface area contributed by atoms with Crippen LogP contribution >= 0.6 is 0 Å². The second kappa shape index (κ2) is 9.35. The van der Waals surface area contributed by atoms with Crippen LogP contribution in [-0.2, 0) is 14.8 Å². The molecule has 1 unspecified atom stereocenters. The van der Waals surface area contributed by atoms with Crippen molar-refractivity contribution in [3.05, 3.63) is 29.8 Å². The second-order valence-electron chi connectivity index (χ2n) is 7.34. The van der Waals surface area contributed by atoms with E-state index in [1.165, 1.54) is 10.4 Å². The van der Waals surface area contributed by atoms with E-state index in [0.717, 1.165) is 39.1 Å². The van der Waals surface area contributed by atoms with Crippen molar-refractivity contribution in [3.63, 3.8) is 0 Å². The van der Waals surface area contributed by atoms with Crippen LogP contribution in [0.1, 0.15) is 37.0 Å². The summed E-state index contributed by atoms with van der Waals surface area (Å²) in [5, 5.41) is 0. The monoisotopic (exact) mass is 409 g/mol. The highest BCUT2D eigenvalue weighted by atomic mass is 32.2. The van der Waals surface area contributed by atoms with Gasteiger partial charge in [-0.2, -0.15) is 4.31 Å². The molecule has 0 saturated carbocycles. The van der Waals surface area contributed by atoms with Crippen LogP contribution in [0, 0.1) is 0 Å². The minimum atomic E-state index is -3.57. The van der Waals surface area contributed by atoms with Crippen molar-refractivity contribution in [2.45, 2.75) is 37.7 Å². The van der Waals surface area contributed by atoms with Gasteiger partial charge in [-0.15, -0.1) is 0 Å². The van der Waals surface area contributed by atoms with Gasteiger partial charge in [0, 0.05) is 58.0 Å². The molecule has 0 bridgehead atoms. The van der Waals surface area contributed by atoms with E-state index in [-0.39, 0.29) is 10.8 Å². The molecule has 156 valence electrons. The quantitative estimate of drug-likeness (QED) is 0.685. The van der Waals surface area contributed by atoms with Crippen molar-refractivity contribution in [1.29, 1.82) is 0 Å². The van der Waals surface area contributed by atoms with Gasteiger partial charge in [-0.3, -0.25) is 9.69 Å². The molecule has 2 heterocycles. The van der Waals surface area contributed by atoms with Gasteiger partial charge in [0.05, 0.1) is 11.0 Å². The zero-order valence-corrected chi connectivity index (χ0v) is 17.7. The zero-order chi connectivity index (χ0) is 20.1. The van der Waals surface area contributed by atoms with Gasteiger partial charge in [0.2, 0.25) is 10.0 Å². The Morgan fingerprint density at radius 1 is 1.18 bits per heavy atom. The molecule has 8 heteroatoms. The average molecular weight is 410 g/mol. The van der Waals surface area contributed by atoms with Crippen molar-refractivity contribution in [2.24, 2.45) is 0 Å². The lowest BCUT2D eigenvalue weighted by Crippen LogP contribution is -2.50. The highest BCUT2D eigenvalue weighted by molar-refractivity contribution is 7.89. The number of carbonyl (C=O) groups is 1. The van der Waals surface area contributed by atoms with Gasteiger partial charge in [0.15, 0.2) is 0 Å². The largest absolute Gasteiger partial charge is 0.377 e. The Morgan fingerprint density at radius 2 is 1.89 bits per heavy atom. The smallest absolute Gasteiger partial charge is 0.253 e. The molecule has 28 heavy (non-hydrogen) atoms. The molecule has 1 amide bonds. The van der Waals surface area contributed by atoms with E-state index in [0.29, 0.717) is 37.8 Å². The summed E-state index contributed by atoms with van der Waals surface area (Å²) in [5.74, 6) is -0.103. The number of hydrogen-bond acceptors (Lipinski definition) is 5. The van der Waals surface area contributed by atoms with E-state index in [2.05, 4.69) is 4.90 Å². The first kappa shape index (κ1) is 21.2. The van der Waals surface area contributed by atoms with Gasteiger partial charge in [-0.05, 0) is 31.0 Å². The van der Waals surface area contributed by atoms with Crippen LogP contribution in [0.3, 0.4) is 0 Å². The summed E-state index contributed by atoms with van der Waals surface area (Å²) >= 11 is 0. The Kier molecular flexibility index (Phi) is 7.09. The van der Waals surface area contributed by atoms with Gasteiger partial charge in [0.25, 0.3) is 5.91 Å². The minimum absolute atomic E-state index is 0.103. The summed E-state index contributed by atoms with van der Waals surface area (Å²) in [5.41, 5.74) is 0.431. The SMILES string of the molecule is CCN(CC)S(=O)(=O)c1cccc(C(=O)N2CCN(CC3CCCO3)CC2)c1. The first-order chi connectivity index (χ1) is 13.5. The number of amides is 1. The van der Waals surface area contributed by atoms with Crippen molar-refractivity contribution in [1.82, 2.24) is 14.1 Å². The fourth-order valence-electron chi connectivity index (χ4n) is 3.89. The molecular weight excluding hydrogens is 378 g/mol. The summed E-state index contributed by atoms with van der Waals surface area (Å²) in [7, 11) is -3.57. The van der Waals surface area contributed by atoms with Crippen molar-refractivity contribution in [2.75, 3.05) is 52.4 Å². The number of benzene rings is 1. The number of rotatable bonds is 7. The molecule has 2 saturated heterocycles. The number of piperazine rings is 1. The summed E-state index contributed by atoms with van der Waals surface area (Å²) < 4.78 is 32.6. The van der Waals surface area contributed by atoms with Crippen molar-refractivity contribution in [3.8, 4) is 0 Å². The molecule has 3 rings (SSSR count). The first-order valence-corrected chi connectivity index (χ1v) is 11.6. The average Bonchev–Trinajstić information content (AvgIpc) is 3.22. The third kappa shape index (κ3) is 4.74. The lowest BCUT2D eigenvalue weighted by Gasteiger charge is -2.35. The molecule has 2 aliphatic heterocycles. The van der Waals surface area contributed by atoms with Crippen LogP contribution in [0.25, 0.3) is 0 Å². The van der Waals surface area contributed by atoms with Crippen LogP contribution in [0.4, 0.5) is 0 Å². The molecule has 0 N–H and O–H groups in total. The van der Waals surface area contributed by atoms with Gasteiger partial charge >= 0.3 is 0 Å². The maximum Gasteiger partial charge on any atom is 0.253 e. The summed E-state index contributed by atoms with van der Waals surface area (Å²) in [4.78, 5) is 17.3. The van der Waals surface area contributed by atoms with Crippen molar-refractivity contribution < 1.29 is 17.9 Å². The van der Waals surface area contributed by atoms with Crippen LogP contribution in [0.2, 0.25) is 0 Å². The summed E-state index contributed by atoms with van der Waals surface area (Å²) in [6, 6.07) is 6.42. The molecule has 2 aliphatic rings. The molecular formula is C20H31N3O4S. The molecule has 1 atom stereocenters. The minimum Gasteiger partial charge on any atom is -0.377 e. The Morgan fingerprint density at radius 3 is 2.50 bits per heavy atom. The predicted molar refractivity (Wildman–Crippen MR) is 108 cm³/mol. The number of ether oxygens (including phenoxy) is 1. The van der Waals surface area contributed by atoms with Crippen molar-refractivity contribution >= 4 is 15.9 Å². The zero-order valence-electron chi connectivity index (χ0n) is 16.8. The number of hydrogen-bond donors (Lipinski definition) is 0. The number of sulfonamides is 1. The standard InChI is InChI=1S/C20H31N3O4S/c1-3-23(4-2)28(25,26)19-9-5-7-17(15-19)20(24)22-12-10-21(11-13-22)16-18-8-6-14-27-18/h5,7,9,15,18H,3-4,6,8,10-14,16H2,1-2H3. The van der Waals surface area contributed by atoms with E-state index in [1.807, 2.05) is 18.7 Å². The summed E-state index contributed by atoms with van der Waals surface area (Å²) in [6.07, 6.45) is 2.58. The number of nitrogens with zero attached hydrogens (tertiary/aromatic N) is 3. The lowest BCUT2D eigenvalue weighted by atomic mass is 10.1. The molecule has 7 nitrogen and oxygen atoms in total. The molecule has 0 aliphatic carbocycles. The van der Waals surface area contributed by atoms with Crippen LogP contribution in [0.5, 0.6) is 0 Å². The molecule has 2 fully saturated rings. The fraction of sp³-hybridized carbons (Fsp3) is 0.650. The molecule has 0 aromatic heterocycles. The second-order valence-corrected chi connectivity index (χ2v) is 9.28. The first-order valence-electron chi connectivity index (χ1n) is 10.2. The Balaban J connectivity index is 1.63. The molecule has 1 aromatic carbocycles. The van der Waals surface area contributed by atoms with Crippen LogP contribution in [0.15, 0.2) is 29.2 Å². The van der Waals surface area contributed by atoms with E-state index < -0.39 is 10.0 Å². The maximum atomic E-state index is 12.9. The van der Waals surface area contributed by atoms with E-state index in [9.17, 15) is 13.2 Å². The Hall–Kier alpha value is -1.48. The van der Waals surface area contributed by atoms with Crippen LogP contribution < -0.4 is 0 Å². The highest BCUT2D eigenvalue weighted by Gasteiger charge is 2.27. The highest BCUT2D eigenvalue weighted by Crippen LogP contribution is 2.19.